The van der Waals surface area contributed by atoms with E-state index in [2.05, 4.69) is 17.7 Å². The molecule has 21 heavy (non-hydrogen) atoms. The molecule has 0 saturated heterocycles. The van der Waals surface area contributed by atoms with Crippen LogP contribution in [-0.2, 0) is 13.5 Å². The first-order valence-electron chi connectivity index (χ1n) is 8.34. The summed E-state index contributed by atoms with van der Waals surface area (Å²) in [6.07, 6.45) is 9.33. The van der Waals surface area contributed by atoms with Crippen molar-refractivity contribution in [2.45, 2.75) is 57.5 Å². The number of nitrogens with zero attached hydrogens (tertiary/aromatic N) is 2. The minimum Gasteiger partial charge on any atom is -0.392 e. The molecule has 0 spiro atoms. The molecule has 1 atom stereocenters. The average Bonchev–Trinajstić information content (AvgIpc) is 2.75. The SMILES string of the molecule is Cn1c(CC(O)C2CCCCCCC2)nc2ccccc21. The van der Waals surface area contributed by atoms with Crippen LogP contribution in [0.2, 0.25) is 0 Å². The summed E-state index contributed by atoms with van der Waals surface area (Å²) in [6, 6.07) is 8.19. The lowest BCUT2D eigenvalue weighted by Crippen LogP contribution is -2.25. The van der Waals surface area contributed by atoms with Gasteiger partial charge in [0.15, 0.2) is 0 Å². The van der Waals surface area contributed by atoms with Gasteiger partial charge in [0.05, 0.1) is 17.1 Å². The van der Waals surface area contributed by atoms with Gasteiger partial charge in [-0.2, -0.15) is 0 Å². The summed E-state index contributed by atoms with van der Waals surface area (Å²) in [5.74, 6) is 1.45. The van der Waals surface area contributed by atoms with Crippen LogP contribution in [0.5, 0.6) is 0 Å². The standard InChI is InChI=1S/C18H26N2O/c1-20-16-12-8-7-11-15(16)19-18(20)13-17(21)14-9-5-3-2-4-6-10-14/h7-8,11-12,14,17,21H,2-6,9-10,13H2,1H3. The van der Waals surface area contributed by atoms with Crippen molar-refractivity contribution in [3.8, 4) is 0 Å². The highest BCUT2D eigenvalue weighted by atomic mass is 16.3. The quantitative estimate of drug-likeness (QED) is 0.931. The molecule has 1 fully saturated rings. The normalized spacial score (nSPS) is 19.3. The predicted molar refractivity (Wildman–Crippen MR) is 86.2 cm³/mol. The molecule has 114 valence electrons. The number of rotatable bonds is 3. The van der Waals surface area contributed by atoms with Gasteiger partial charge in [0.2, 0.25) is 0 Å². The number of benzene rings is 1. The molecule has 1 aromatic heterocycles. The molecule has 0 amide bonds. The number of hydrogen-bond acceptors (Lipinski definition) is 2. The van der Waals surface area contributed by atoms with E-state index in [9.17, 15) is 5.11 Å². The van der Waals surface area contributed by atoms with Crippen LogP contribution in [-0.4, -0.2) is 20.8 Å². The lowest BCUT2D eigenvalue weighted by molar-refractivity contribution is 0.0890. The van der Waals surface area contributed by atoms with E-state index >= 15 is 0 Å². The molecular formula is C18H26N2O. The van der Waals surface area contributed by atoms with Gasteiger partial charge < -0.3 is 9.67 Å². The van der Waals surface area contributed by atoms with Crippen molar-refractivity contribution in [1.82, 2.24) is 9.55 Å². The Hall–Kier alpha value is -1.35. The maximum Gasteiger partial charge on any atom is 0.112 e. The van der Waals surface area contributed by atoms with Gasteiger partial charge in [0.1, 0.15) is 5.82 Å². The Balaban J connectivity index is 1.72. The molecule has 1 heterocycles. The third-order valence-electron chi connectivity index (χ3n) is 4.97. The monoisotopic (exact) mass is 286 g/mol. The van der Waals surface area contributed by atoms with Gasteiger partial charge in [-0.05, 0) is 30.9 Å². The molecule has 1 N–H and O–H groups in total. The van der Waals surface area contributed by atoms with Gasteiger partial charge >= 0.3 is 0 Å². The Bertz CT molecular complexity index is 582. The highest BCUT2D eigenvalue weighted by Gasteiger charge is 2.22. The molecule has 0 aliphatic heterocycles. The Labute approximate surface area is 127 Å². The van der Waals surface area contributed by atoms with Gasteiger partial charge in [-0.3, -0.25) is 0 Å². The van der Waals surface area contributed by atoms with Crippen LogP contribution >= 0.6 is 0 Å². The zero-order valence-electron chi connectivity index (χ0n) is 13.0. The van der Waals surface area contributed by atoms with Gasteiger partial charge in [-0.1, -0.05) is 44.2 Å². The van der Waals surface area contributed by atoms with Gasteiger partial charge in [0, 0.05) is 13.5 Å². The number of para-hydroxylation sites is 2. The first-order chi connectivity index (χ1) is 10.3. The molecule has 1 unspecified atom stereocenters. The number of aromatic nitrogens is 2. The van der Waals surface area contributed by atoms with Crippen LogP contribution in [0.1, 0.15) is 50.8 Å². The van der Waals surface area contributed by atoms with Crippen molar-refractivity contribution in [3.05, 3.63) is 30.1 Å². The van der Waals surface area contributed by atoms with Crippen LogP contribution in [0.25, 0.3) is 11.0 Å². The van der Waals surface area contributed by atoms with E-state index in [1.807, 2.05) is 18.2 Å². The molecule has 3 nitrogen and oxygen atoms in total. The zero-order valence-corrected chi connectivity index (χ0v) is 13.0. The molecule has 1 aliphatic carbocycles. The Morgan fingerprint density at radius 3 is 2.52 bits per heavy atom. The lowest BCUT2D eigenvalue weighted by Gasteiger charge is -2.24. The summed E-state index contributed by atoms with van der Waals surface area (Å²) in [5, 5.41) is 10.6. The van der Waals surface area contributed by atoms with Gasteiger partial charge in [0.25, 0.3) is 0 Å². The predicted octanol–water partition coefficient (Wildman–Crippen LogP) is 3.84. The third-order valence-corrected chi connectivity index (χ3v) is 4.97. The molecule has 1 saturated carbocycles. The topological polar surface area (TPSA) is 38.0 Å². The van der Waals surface area contributed by atoms with Crippen molar-refractivity contribution in [2.24, 2.45) is 13.0 Å². The number of aryl methyl sites for hydroxylation is 1. The van der Waals surface area contributed by atoms with E-state index in [0.29, 0.717) is 12.3 Å². The number of aliphatic hydroxyl groups is 1. The number of imidazole rings is 1. The fraction of sp³-hybridized carbons (Fsp3) is 0.611. The third kappa shape index (κ3) is 3.29. The molecule has 0 radical (unpaired) electrons. The van der Waals surface area contributed by atoms with E-state index in [1.165, 1.54) is 44.9 Å². The summed E-state index contributed by atoms with van der Waals surface area (Å²) < 4.78 is 2.13. The smallest absolute Gasteiger partial charge is 0.112 e. The maximum atomic E-state index is 10.6. The molecular weight excluding hydrogens is 260 g/mol. The summed E-state index contributed by atoms with van der Waals surface area (Å²) in [6.45, 7) is 0. The fourth-order valence-electron chi connectivity index (χ4n) is 3.60. The van der Waals surface area contributed by atoms with Gasteiger partial charge in [-0.15, -0.1) is 0 Å². The second kappa shape index (κ2) is 6.61. The first kappa shape index (κ1) is 14.6. The van der Waals surface area contributed by atoms with Crippen molar-refractivity contribution in [2.75, 3.05) is 0 Å². The van der Waals surface area contributed by atoms with Crippen LogP contribution in [0, 0.1) is 5.92 Å². The van der Waals surface area contributed by atoms with Crippen LogP contribution in [0.3, 0.4) is 0 Å². The minimum absolute atomic E-state index is 0.251. The summed E-state index contributed by atoms with van der Waals surface area (Å²) in [7, 11) is 2.05. The lowest BCUT2D eigenvalue weighted by atomic mass is 9.86. The zero-order chi connectivity index (χ0) is 14.7. The molecule has 3 heteroatoms. The molecule has 1 aromatic carbocycles. The first-order valence-corrected chi connectivity index (χ1v) is 8.34. The Morgan fingerprint density at radius 1 is 1.14 bits per heavy atom. The summed E-state index contributed by atoms with van der Waals surface area (Å²) in [4.78, 5) is 4.69. The molecule has 0 bridgehead atoms. The Morgan fingerprint density at radius 2 is 1.81 bits per heavy atom. The molecule has 2 aromatic rings. The highest BCUT2D eigenvalue weighted by Crippen LogP contribution is 2.27. The maximum absolute atomic E-state index is 10.6. The number of hydrogen-bond donors (Lipinski definition) is 1. The summed E-state index contributed by atoms with van der Waals surface area (Å²) in [5.41, 5.74) is 2.18. The van der Waals surface area contributed by atoms with Crippen LogP contribution < -0.4 is 0 Å². The molecule has 1 aliphatic rings. The van der Waals surface area contributed by atoms with Crippen LogP contribution in [0.4, 0.5) is 0 Å². The number of fused-ring (bicyclic) bond motifs is 1. The average molecular weight is 286 g/mol. The van der Waals surface area contributed by atoms with E-state index in [4.69, 9.17) is 4.98 Å². The fourth-order valence-corrected chi connectivity index (χ4v) is 3.60. The van der Waals surface area contributed by atoms with Crippen molar-refractivity contribution < 1.29 is 5.11 Å². The van der Waals surface area contributed by atoms with Crippen molar-refractivity contribution in [1.29, 1.82) is 0 Å². The summed E-state index contributed by atoms with van der Waals surface area (Å²) >= 11 is 0. The van der Waals surface area contributed by atoms with Gasteiger partial charge in [-0.25, -0.2) is 4.98 Å². The van der Waals surface area contributed by atoms with E-state index in [0.717, 1.165) is 16.9 Å². The van der Waals surface area contributed by atoms with E-state index in [1.54, 1.807) is 0 Å². The van der Waals surface area contributed by atoms with E-state index in [-0.39, 0.29) is 6.10 Å². The van der Waals surface area contributed by atoms with Crippen LogP contribution in [0.15, 0.2) is 24.3 Å². The van der Waals surface area contributed by atoms with E-state index < -0.39 is 0 Å². The largest absolute Gasteiger partial charge is 0.392 e. The number of aliphatic hydroxyl groups excluding tert-OH is 1. The minimum atomic E-state index is -0.251. The second-order valence-electron chi connectivity index (χ2n) is 6.45. The second-order valence-corrected chi connectivity index (χ2v) is 6.45. The highest BCUT2D eigenvalue weighted by molar-refractivity contribution is 5.75. The van der Waals surface area contributed by atoms with Crippen molar-refractivity contribution in [3.63, 3.8) is 0 Å². The molecule has 3 rings (SSSR count). The van der Waals surface area contributed by atoms with Crippen molar-refractivity contribution >= 4 is 11.0 Å². The Kier molecular flexibility index (Phi) is 4.59.